The molecular weight excluding hydrogens is 428 g/mol. The van der Waals surface area contributed by atoms with Crippen LogP contribution < -0.4 is 15.0 Å². The van der Waals surface area contributed by atoms with Gasteiger partial charge in [-0.05, 0) is 42.0 Å². The van der Waals surface area contributed by atoms with Crippen molar-refractivity contribution in [1.82, 2.24) is 0 Å². The fraction of sp³-hybridized carbons (Fsp3) is 0.0435. The van der Waals surface area contributed by atoms with E-state index < -0.39 is 29.7 Å². The van der Waals surface area contributed by atoms with Crippen LogP contribution >= 0.6 is 0 Å². The first-order valence-corrected chi connectivity index (χ1v) is 9.30. The van der Waals surface area contributed by atoms with Gasteiger partial charge in [0.25, 0.3) is 11.8 Å². The van der Waals surface area contributed by atoms with Crippen LogP contribution in [0.2, 0.25) is 0 Å². The maximum Gasteiger partial charge on any atom is 0.573 e. The Kier molecular flexibility index (Phi) is 5.40. The highest BCUT2D eigenvalue weighted by Crippen LogP contribution is 2.34. The molecule has 1 N–H and O–H groups in total. The number of nitrogens with zero attached hydrogens (tertiary/aromatic N) is 1. The lowest BCUT2D eigenvalue weighted by atomic mass is 10.0. The second-order valence-corrected chi connectivity index (χ2v) is 6.74. The van der Waals surface area contributed by atoms with Gasteiger partial charge in [-0.2, -0.15) is 0 Å². The molecule has 0 spiro atoms. The summed E-state index contributed by atoms with van der Waals surface area (Å²) < 4.78 is 55.0. The van der Waals surface area contributed by atoms with Crippen molar-refractivity contribution in [2.75, 3.05) is 10.2 Å². The van der Waals surface area contributed by atoms with Crippen molar-refractivity contribution >= 4 is 28.8 Å². The Bertz CT molecular complexity index is 1210. The lowest BCUT2D eigenvalue weighted by Crippen LogP contribution is -2.32. The van der Waals surface area contributed by atoms with Crippen LogP contribution in [-0.2, 0) is 9.59 Å². The number of nitrogens with one attached hydrogen (secondary N) is 1. The van der Waals surface area contributed by atoms with Gasteiger partial charge in [0.15, 0.2) is 0 Å². The van der Waals surface area contributed by atoms with Crippen LogP contribution in [0.1, 0.15) is 5.56 Å². The van der Waals surface area contributed by atoms with Gasteiger partial charge < -0.3 is 10.1 Å². The normalized spacial score (nSPS) is 14.2. The second kappa shape index (κ2) is 8.18. The minimum absolute atomic E-state index is 0.0407. The number of carbonyl (C=O) groups is 2. The van der Waals surface area contributed by atoms with E-state index in [0.717, 1.165) is 29.2 Å². The lowest BCUT2D eigenvalue weighted by molar-refractivity contribution is -0.274. The number of ether oxygens (including phenoxy) is 1. The molecule has 0 unspecified atom stereocenters. The number of hydrogen-bond donors (Lipinski definition) is 1. The summed E-state index contributed by atoms with van der Waals surface area (Å²) in [7, 11) is 0. The average Bonchev–Trinajstić information content (AvgIpc) is 2.98. The van der Waals surface area contributed by atoms with E-state index in [2.05, 4.69) is 10.1 Å². The van der Waals surface area contributed by atoms with Gasteiger partial charge in [-0.25, -0.2) is 9.29 Å². The van der Waals surface area contributed by atoms with Crippen molar-refractivity contribution < 1.29 is 31.9 Å². The van der Waals surface area contributed by atoms with Gasteiger partial charge in [-0.1, -0.05) is 36.4 Å². The smallest absolute Gasteiger partial charge is 0.406 e. The van der Waals surface area contributed by atoms with Crippen LogP contribution in [0.4, 0.5) is 28.9 Å². The summed E-state index contributed by atoms with van der Waals surface area (Å²) >= 11 is 0. The lowest BCUT2D eigenvalue weighted by Gasteiger charge is -2.15. The quantitative estimate of drug-likeness (QED) is 0.440. The maximum absolute atomic E-state index is 13.4. The highest BCUT2D eigenvalue weighted by molar-refractivity contribution is 6.46. The van der Waals surface area contributed by atoms with E-state index in [1.807, 2.05) is 0 Å². The molecule has 0 bridgehead atoms. The first-order chi connectivity index (χ1) is 15.2. The molecule has 3 aromatic rings. The number of alkyl halides is 3. The molecule has 1 heterocycles. The molecule has 3 aromatic carbocycles. The molecule has 1 aliphatic rings. The van der Waals surface area contributed by atoms with E-state index in [4.69, 9.17) is 0 Å². The van der Waals surface area contributed by atoms with E-state index in [1.54, 1.807) is 30.3 Å². The Morgan fingerprint density at radius 3 is 2.16 bits per heavy atom. The predicted octanol–water partition coefficient (Wildman–Crippen LogP) is 5.12. The average molecular weight is 442 g/mol. The van der Waals surface area contributed by atoms with Crippen LogP contribution in [0, 0.1) is 5.82 Å². The molecule has 0 fully saturated rings. The van der Waals surface area contributed by atoms with Crippen molar-refractivity contribution in [1.29, 1.82) is 0 Å². The highest BCUT2D eigenvalue weighted by atomic mass is 19.4. The molecule has 1 aliphatic heterocycles. The van der Waals surface area contributed by atoms with Crippen LogP contribution in [0.25, 0.3) is 5.57 Å². The number of carbonyl (C=O) groups excluding carboxylic acids is 2. The Balaban J connectivity index is 1.76. The first-order valence-electron chi connectivity index (χ1n) is 9.30. The second-order valence-electron chi connectivity index (χ2n) is 6.74. The number of hydrogen-bond acceptors (Lipinski definition) is 4. The van der Waals surface area contributed by atoms with Crippen molar-refractivity contribution in [2.45, 2.75) is 6.36 Å². The molecular formula is C23H14F4N2O3. The zero-order valence-corrected chi connectivity index (χ0v) is 16.2. The number of amides is 2. The van der Waals surface area contributed by atoms with Gasteiger partial charge >= 0.3 is 6.36 Å². The van der Waals surface area contributed by atoms with Gasteiger partial charge in [0.1, 0.15) is 17.3 Å². The van der Waals surface area contributed by atoms with E-state index in [9.17, 15) is 27.2 Å². The molecule has 0 saturated carbocycles. The maximum atomic E-state index is 13.4. The summed E-state index contributed by atoms with van der Waals surface area (Å²) in [5.41, 5.74) is 0.481. The van der Waals surface area contributed by atoms with Gasteiger partial charge in [0.05, 0.1) is 11.3 Å². The predicted molar refractivity (Wildman–Crippen MR) is 109 cm³/mol. The molecule has 0 atom stereocenters. The van der Waals surface area contributed by atoms with E-state index in [1.165, 1.54) is 24.3 Å². The van der Waals surface area contributed by atoms with Crippen molar-refractivity contribution in [2.24, 2.45) is 0 Å². The van der Waals surface area contributed by atoms with Crippen LogP contribution in [0.5, 0.6) is 5.75 Å². The standard InChI is InChI=1S/C23H14F4N2O3/c24-15-11-9-14(10-12-15)19-20(22(31)29(21(19)30)17-6-2-1-3-7-17)28-16-5-4-8-18(13-16)32-23(25,26)27/h1-13,28H. The SMILES string of the molecule is O=C1C(Nc2cccc(OC(F)(F)F)c2)=C(c2ccc(F)cc2)C(=O)N1c1ccccc1. The molecule has 162 valence electrons. The zero-order valence-electron chi connectivity index (χ0n) is 16.2. The van der Waals surface area contributed by atoms with Crippen LogP contribution in [0.3, 0.4) is 0 Å². The van der Waals surface area contributed by atoms with Gasteiger partial charge in [0.2, 0.25) is 0 Å². The van der Waals surface area contributed by atoms with Crippen molar-refractivity contribution in [3.8, 4) is 5.75 Å². The molecule has 5 nitrogen and oxygen atoms in total. The van der Waals surface area contributed by atoms with E-state index in [-0.39, 0.29) is 22.5 Å². The van der Waals surface area contributed by atoms with Gasteiger partial charge in [-0.15, -0.1) is 13.2 Å². The minimum Gasteiger partial charge on any atom is -0.406 e. The summed E-state index contributed by atoms with van der Waals surface area (Å²) in [5.74, 6) is -2.39. The number of para-hydroxylation sites is 1. The zero-order chi connectivity index (χ0) is 22.9. The molecule has 0 aliphatic carbocycles. The summed E-state index contributed by atoms with van der Waals surface area (Å²) in [6.07, 6.45) is -4.89. The van der Waals surface area contributed by atoms with Crippen molar-refractivity contribution in [3.63, 3.8) is 0 Å². The molecule has 0 radical (unpaired) electrons. The highest BCUT2D eigenvalue weighted by Gasteiger charge is 2.40. The number of imide groups is 1. The third-order valence-electron chi connectivity index (χ3n) is 4.57. The van der Waals surface area contributed by atoms with Gasteiger partial charge in [0, 0.05) is 11.8 Å². The Morgan fingerprint density at radius 2 is 1.50 bits per heavy atom. The Hall–Kier alpha value is -4.14. The fourth-order valence-electron chi connectivity index (χ4n) is 3.26. The largest absolute Gasteiger partial charge is 0.573 e. The van der Waals surface area contributed by atoms with E-state index in [0.29, 0.717) is 5.69 Å². The fourth-order valence-corrected chi connectivity index (χ4v) is 3.26. The Morgan fingerprint density at radius 1 is 0.812 bits per heavy atom. The summed E-state index contributed by atoms with van der Waals surface area (Å²) in [6.45, 7) is 0. The third-order valence-corrected chi connectivity index (χ3v) is 4.57. The molecule has 32 heavy (non-hydrogen) atoms. The third kappa shape index (κ3) is 4.31. The topological polar surface area (TPSA) is 58.6 Å². The minimum atomic E-state index is -4.89. The number of benzene rings is 3. The number of rotatable bonds is 5. The summed E-state index contributed by atoms with van der Waals surface area (Å²) in [4.78, 5) is 27.3. The van der Waals surface area contributed by atoms with Gasteiger partial charge in [-0.3, -0.25) is 9.59 Å². The molecule has 2 amide bonds. The number of halogens is 4. The monoisotopic (exact) mass is 442 g/mol. The molecule has 9 heteroatoms. The first kappa shape index (κ1) is 21.1. The summed E-state index contributed by atoms with van der Waals surface area (Å²) in [5, 5.41) is 2.74. The molecule has 4 rings (SSSR count). The Labute approximate surface area is 179 Å². The molecule has 0 aromatic heterocycles. The van der Waals surface area contributed by atoms with E-state index >= 15 is 0 Å². The van der Waals surface area contributed by atoms with Crippen molar-refractivity contribution in [3.05, 3.63) is 95.9 Å². The molecule has 0 saturated heterocycles. The van der Waals surface area contributed by atoms with Crippen LogP contribution in [-0.4, -0.2) is 18.2 Å². The summed E-state index contributed by atoms with van der Waals surface area (Å²) in [6, 6.07) is 18.0. The number of anilines is 2. The van der Waals surface area contributed by atoms with Crippen LogP contribution in [0.15, 0.2) is 84.6 Å².